The summed E-state index contributed by atoms with van der Waals surface area (Å²) >= 11 is 0. The van der Waals surface area contributed by atoms with Crippen LogP contribution in [0.1, 0.15) is 41.0 Å². The van der Waals surface area contributed by atoms with Crippen LogP contribution in [0.4, 0.5) is 0 Å². The summed E-state index contributed by atoms with van der Waals surface area (Å²) in [7, 11) is 0. The van der Waals surface area contributed by atoms with Crippen molar-refractivity contribution in [1.82, 2.24) is 10.2 Å². The second-order valence-corrected chi connectivity index (χ2v) is 4.60. The van der Waals surface area contributed by atoms with Crippen LogP contribution in [0, 0.1) is 5.92 Å². The highest BCUT2D eigenvalue weighted by molar-refractivity contribution is 4.67. The Hall–Kier alpha value is -0.0800. The Morgan fingerprint density at radius 1 is 1.07 bits per heavy atom. The molecule has 0 aliphatic heterocycles. The lowest BCUT2D eigenvalue weighted by atomic mass is 10.2. The summed E-state index contributed by atoms with van der Waals surface area (Å²) in [6.45, 7) is 16.0. The molecule has 2 nitrogen and oxygen atoms in total. The summed E-state index contributed by atoms with van der Waals surface area (Å²) in [6.07, 6.45) is 1.22. The Bertz CT molecular complexity index is 123. The first-order valence-electron chi connectivity index (χ1n) is 6.05. The number of hydrogen-bond donors (Lipinski definition) is 1. The van der Waals surface area contributed by atoms with Crippen molar-refractivity contribution in [2.24, 2.45) is 5.92 Å². The first-order chi connectivity index (χ1) is 6.60. The molecule has 0 aromatic rings. The largest absolute Gasteiger partial charge is 0.313 e. The SMILES string of the molecule is CCCNC(C)CN(CC)CC(C)C. The highest BCUT2D eigenvalue weighted by Crippen LogP contribution is 1.99. The van der Waals surface area contributed by atoms with Crippen molar-refractivity contribution >= 4 is 0 Å². The third-order valence-electron chi connectivity index (χ3n) is 2.35. The number of hydrogen-bond acceptors (Lipinski definition) is 2. The predicted octanol–water partition coefficient (Wildman–Crippen LogP) is 2.35. The van der Waals surface area contributed by atoms with Crippen molar-refractivity contribution in [2.75, 3.05) is 26.2 Å². The fourth-order valence-corrected chi connectivity index (χ4v) is 1.69. The van der Waals surface area contributed by atoms with Crippen LogP contribution >= 0.6 is 0 Å². The van der Waals surface area contributed by atoms with Crippen molar-refractivity contribution in [1.29, 1.82) is 0 Å². The lowest BCUT2D eigenvalue weighted by molar-refractivity contribution is 0.233. The summed E-state index contributed by atoms with van der Waals surface area (Å²) in [5, 5.41) is 3.53. The van der Waals surface area contributed by atoms with Crippen LogP contribution < -0.4 is 5.32 Å². The fourth-order valence-electron chi connectivity index (χ4n) is 1.69. The Kier molecular flexibility index (Phi) is 8.20. The van der Waals surface area contributed by atoms with E-state index in [4.69, 9.17) is 0 Å². The fraction of sp³-hybridized carbons (Fsp3) is 1.00. The highest BCUT2D eigenvalue weighted by Gasteiger charge is 2.08. The van der Waals surface area contributed by atoms with Gasteiger partial charge in [-0.15, -0.1) is 0 Å². The van der Waals surface area contributed by atoms with E-state index in [-0.39, 0.29) is 0 Å². The number of likely N-dealkylation sites (N-methyl/N-ethyl adjacent to an activating group) is 1. The molecule has 0 fully saturated rings. The molecular formula is C12H28N2. The van der Waals surface area contributed by atoms with Crippen LogP contribution in [0.15, 0.2) is 0 Å². The minimum atomic E-state index is 0.619. The minimum Gasteiger partial charge on any atom is -0.313 e. The second-order valence-electron chi connectivity index (χ2n) is 4.60. The number of rotatable bonds is 8. The lowest BCUT2D eigenvalue weighted by Crippen LogP contribution is -2.40. The van der Waals surface area contributed by atoms with E-state index in [0.717, 1.165) is 19.0 Å². The molecule has 0 saturated carbocycles. The zero-order valence-electron chi connectivity index (χ0n) is 10.6. The zero-order valence-corrected chi connectivity index (χ0v) is 10.6. The maximum atomic E-state index is 3.53. The van der Waals surface area contributed by atoms with Crippen LogP contribution in [-0.2, 0) is 0 Å². The van der Waals surface area contributed by atoms with Crippen LogP contribution in [0.25, 0.3) is 0 Å². The molecule has 0 aliphatic carbocycles. The van der Waals surface area contributed by atoms with E-state index in [1.165, 1.54) is 19.5 Å². The van der Waals surface area contributed by atoms with Gasteiger partial charge >= 0.3 is 0 Å². The van der Waals surface area contributed by atoms with Gasteiger partial charge in [-0.05, 0) is 32.4 Å². The molecule has 0 aromatic heterocycles. The van der Waals surface area contributed by atoms with Crippen molar-refractivity contribution < 1.29 is 0 Å². The molecule has 0 spiro atoms. The minimum absolute atomic E-state index is 0.619. The molecule has 1 N–H and O–H groups in total. The van der Waals surface area contributed by atoms with Gasteiger partial charge in [-0.25, -0.2) is 0 Å². The Morgan fingerprint density at radius 3 is 2.14 bits per heavy atom. The highest BCUT2D eigenvalue weighted by atomic mass is 15.1. The number of nitrogens with one attached hydrogen (secondary N) is 1. The molecule has 0 aromatic carbocycles. The molecule has 0 radical (unpaired) electrons. The third kappa shape index (κ3) is 7.34. The van der Waals surface area contributed by atoms with Crippen molar-refractivity contribution in [2.45, 2.75) is 47.1 Å². The molecular weight excluding hydrogens is 172 g/mol. The summed E-state index contributed by atoms with van der Waals surface area (Å²) in [6, 6.07) is 0.619. The molecule has 0 rings (SSSR count). The monoisotopic (exact) mass is 200 g/mol. The lowest BCUT2D eigenvalue weighted by Gasteiger charge is -2.26. The molecule has 0 aliphatic rings. The van der Waals surface area contributed by atoms with Gasteiger partial charge in [0.1, 0.15) is 0 Å². The second kappa shape index (κ2) is 8.25. The van der Waals surface area contributed by atoms with Gasteiger partial charge in [0, 0.05) is 19.1 Å². The summed E-state index contributed by atoms with van der Waals surface area (Å²) in [5.74, 6) is 0.772. The van der Waals surface area contributed by atoms with E-state index >= 15 is 0 Å². The molecule has 86 valence electrons. The Labute approximate surface area is 90.1 Å². The first-order valence-corrected chi connectivity index (χ1v) is 6.05. The topological polar surface area (TPSA) is 15.3 Å². The van der Waals surface area contributed by atoms with E-state index < -0.39 is 0 Å². The third-order valence-corrected chi connectivity index (χ3v) is 2.35. The molecule has 0 heterocycles. The van der Waals surface area contributed by atoms with Crippen molar-refractivity contribution in [3.8, 4) is 0 Å². The van der Waals surface area contributed by atoms with Gasteiger partial charge in [0.25, 0.3) is 0 Å². The molecule has 14 heavy (non-hydrogen) atoms. The van der Waals surface area contributed by atoms with Crippen LogP contribution in [-0.4, -0.2) is 37.1 Å². The summed E-state index contributed by atoms with van der Waals surface area (Å²) < 4.78 is 0. The molecule has 0 bridgehead atoms. The Morgan fingerprint density at radius 2 is 1.71 bits per heavy atom. The van der Waals surface area contributed by atoms with Gasteiger partial charge in [0.05, 0.1) is 0 Å². The average Bonchev–Trinajstić information content (AvgIpc) is 2.12. The maximum Gasteiger partial charge on any atom is 0.0166 e. The van der Waals surface area contributed by atoms with E-state index in [1.807, 2.05) is 0 Å². The Balaban J connectivity index is 3.68. The van der Waals surface area contributed by atoms with Gasteiger partial charge in [-0.1, -0.05) is 27.7 Å². The molecule has 1 atom stereocenters. The van der Waals surface area contributed by atoms with E-state index in [0.29, 0.717) is 6.04 Å². The zero-order chi connectivity index (χ0) is 11.0. The van der Waals surface area contributed by atoms with Gasteiger partial charge in [0.2, 0.25) is 0 Å². The van der Waals surface area contributed by atoms with E-state index in [1.54, 1.807) is 0 Å². The number of nitrogens with zero attached hydrogens (tertiary/aromatic N) is 1. The quantitative estimate of drug-likeness (QED) is 0.647. The van der Waals surface area contributed by atoms with Crippen LogP contribution in [0.2, 0.25) is 0 Å². The van der Waals surface area contributed by atoms with Gasteiger partial charge in [0.15, 0.2) is 0 Å². The molecule has 0 amide bonds. The summed E-state index contributed by atoms with van der Waals surface area (Å²) in [4.78, 5) is 2.53. The summed E-state index contributed by atoms with van der Waals surface area (Å²) in [5.41, 5.74) is 0. The van der Waals surface area contributed by atoms with Crippen LogP contribution in [0.5, 0.6) is 0 Å². The molecule has 0 saturated heterocycles. The predicted molar refractivity (Wildman–Crippen MR) is 64.7 cm³/mol. The first kappa shape index (κ1) is 13.9. The maximum absolute atomic E-state index is 3.53. The standard InChI is InChI=1S/C12H28N2/c1-6-8-13-12(5)10-14(7-2)9-11(3)4/h11-13H,6-10H2,1-5H3. The van der Waals surface area contributed by atoms with Gasteiger partial charge in [-0.2, -0.15) is 0 Å². The molecule has 2 heteroatoms. The normalized spacial score (nSPS) is 13.9. The molecule has 1 unspecified atom stereocenters. The average molecular weight is 200 g/mol. The van der Waals surface area contributed by atoms with E-state index in [9.17, 15) is 0 Å². The van der Waals surface area contributed by atoms with Crippen molar-refractivity contribution in [3.63, 3.8) is 0 Å². The van der Waals surface area contributed by atoms with E-state index in [2.05, 4.69) is 44.8 Å². The smallest absolute Gasteiger partial charge is 0.0166 e. The van der Waals surface area contributed by atoms with Crippen LogP contribution in [0.3, 0.4) is 0 Å². The van der Waals surface area contributed by atoms with Gasteiger partial charge < -0.3 is 10.2 Å². The van der Waals surface area contributed by atoms with Crippen molar-refractivity contribution in [3.05, 3.63) is 0 Å². The van der Waals surface area contributed by atoms with Gasteiger partial charge in [-0.3, -0.25) is 0 Å².